The molecule has 1 saturated carbocycles. The smallest absolute Gasteiger partial charge is 0.151 e. The lowest BCUT2D eigenvalue weighted by Gasteiger charge is -2.23. The second kappa shape index (κ2) is 4.80. The molecule has 2 rings (SSSR count). The van der Waals surface area contributed by atoms with Crippen LogP contribution in [0.2, 0.25) is 5.02 Å². The first kappa shape index (κ1) is 12.0. The number of carbonyl (C=O) groups is 3. The average Bonchev–Trinajstić information content (AvgIpc) is 2.29. The largest absolute Gasteiger partial charge is 0.302 e. The maximum Gasteiger partial charge on any atom is 0.151 e. The molecule has 0 aromatic heterocycles. The summed E-state index contributed by atoms with van der Waals surface area (Å²) < 4.78 is 0. The van der Waals surface area contributed by atoms with Crippen LogP contribution in [0.15, 0.2) is 24.3 Å². The highest BCUT2D eigenvalue weighted by atomic mass is 35.5. The van der Waals surface area contributed by atoms with Gasteiger partial charge in [0.1, 0.15) is 12.2 Å². The monoisotopic (exact) mass is 250 g/mol. The van der Waals surface area contributed by atoms with Crippen molar-refractivity contribution in [3.8, 4) is 0 Å². The third kappa shape index (κ3) is 2.44. The van der Waals surface area contributed by atoms with Gasteiger partial charge in [0.15, 0.2) is 11.6 Å². The molecule has 0 heterocycles. The Bertz CT molecular complexity index is 446. The first-order chi connectivity index (χ1) is 8.11. The van der Waals surface area contributed by atoms with Crippen molar-refractivity contribution in [2.24, 2.45) is 5.92 Å². The first-order valence-corrected chi connectivity index (χ1v) is 5.76. The molecule has 0 spiro atoms. The molecule has 0 aliphatic heterocycles. The Morgan fingerprint density at radius 3 is 2.06 bits per heavy atom. The molecule has 3 nitrogen and oxygen atoms in total. The van der Waals surface area contributed by atoms with E-state index >= 15 is 0 Å². The maximum atomic E-state index is 11.6. The Balaban J connectivity index is 2.20. The summed E-state index contributed by atoms with van der Waals surface area (Å²) >= 11 is 5.77. The van der Waals surface area contributed by atoms with Gasteiger partial charge < -0.3 is 4.79 Å². The van der Waals surface area contributed by atoms with Crippen LogP contribution in [-0.2, 0) is 14.4 Å². The minimum absolute atomic E-state index is 0.122. The molecular weight excluding hydrogens is 240 g/mol. The molecule has 1 fully saturated rings. The molecule has 4 heteroatoms. The fraction of sp³-hybridized carbons (Fsp3) is 0.308. The molecule has 1 aliphatic carbocycles. The van der Waals surface area contributed by atoms with Crippen molar-refractivity contribution in [3.63, 3.8) is 0 Å². The number of hydrogen-bond acceptors (Lipinski definition) is 3. The van der Waals surface area contributed by atoms with Crippen molar-refractivity contribution >= 4 is 29.5 Å². The summed E-state index contributed by atoms with van der Waals surface area (Å²) in [5.74, 6) is -1.73. The zero-order valence-corrected chi connectivity index (χ0v) is 9.81. The molecule has 0 unspecified atom stereocenters. The Hall–Kier alpha value is -1.48. The fourth-order valence-electron chi connectivity index (χ4n) is 2.11. The molecule has 0 radical (unpaired) electrons. The highest BCUT2D eigenvalue weighted by molar-refractivity contribution is 6.30. The molecule has 0 N–H and O–H groups in total. The van der Waals surface area contributed by atoms with Crippen LogP contribution in [0.25, 0.3) is 0 Å². The molecule has 17 heavy (non-hydrogen) atoms. The fourth-order valence-corrected chi connectivity index (χ4v) is 2.24. The molecule has 1 aromatic rings. The SMILES string of the molecule is O=CC1C(=O)CC(c2ccc(Cl)cc2)CC1=O. The van der Waals surface area contributed by atoms with Gasteiger partial charge in [0.25, 0.3) is 0 Å². The zero-order chi connectivity index (χ0) is 12.4. The Labute approximate surface area is 104 Å². The van der Waals surface area contributed by atoms with Crippen LogP contribution in [0.3, 0.4) is 0 Å². The van der Waals surface area contributed by atoms with Gasteiger partial charge in [-0.25, -0.2) is 0 Å². The van der Waals surface area contributed by atoms with Gasteiger partial charge in [0.05, 0.1) is 0 Å². The number of aldehydes is 1. The number of Topliss-reactive ketones (excluding diaryl/α,β-unsaturated/α-hetero) is 2. The van der Waals surface area contributed by atoms with Crippen LogP contribution in [0.1, 0.15) is 24.3 Å². The van der Waals surface area contributed by atoms with Crippen LogP contribution >= 0.6 is 11.6 Å². The van der Waals surface area contributed by atoms with Crippen LogP contribution in [-0.4, -0.2) is 17.9 Å². The van der Waals surface area contributed by atoms with E-state index in [-0.39, 0.29) is 30.3 Å². The first-order valence-electron chi connectivity index (χ1n) is 5.38. The number of rotatable bonds is 2. The highest BCUT2D eigenvalue weighted by Crippen LogP contribution is 2.31. The molecule has 88 valence electrons. The minimum Gasteiger partial charge on any atom is -0.302 e. The molecule has 0 saturated heterocycles. The molecular formula is C13H11ClO3. The second-order valence-corrected chi connectivity index (χ2v) is 4.64. The predicted molar refractivity (Wildman–Crippen MR) is 63.0 cm³/mol. The standard InChI is InChI=1S/C13H11ClO3/c14-10-3-1-8(2-4-10)9-5-12(16)11(7-15)13(17)6-9/h1-4,7,9,11H,5-6H2. The highest BCUT2D eigenvalue weighted by Gasteiger charge is 2.35. The van der Waals surface area contributed by atoms with Crippen LogP contribution in [0.4, 0.5) is 0 Å². The van der Waals surface area contributed by atoms with Gasteiger partial charge in [-0.2, -0.15) is 0 Å². The Morgan fingerprint density at radius 1 is 1.06 bits per heavy atom. The van der Waals surface area contributed by atoms with Gasteiger partial charge in [-0.1, -0.05) is 23.7 Å². The van der Waals surface area contributed by atoms with Crippen LogP contribution in [0.5, 0.6) is 0 Å². The normalized spacial score (nSPS) is 24.8. The van der Waals surface area contributed by atoms with E-state index in [9.17, 15) is 14.4 Å². The average molecular weight is 251 g/mol. The quantitative estimate of drug-likeness (QED) is 0.597. The topological polar surface area (TPSA) is 51.2 Å². The number of benzene rings is 1. The van der Waals surface area contributed by atoms with Crippen molar-refractivity contribution in [1.29, 1.82) is 0 Å². The number of halogens is 1. The van der Waals surface area contributed by atoms with Crippen molar-refractivity contribution in [3.05, 3.63) is 34.9 Å². The van der Waals surface area contributed by atoms with E-state index in [1.807, 2.05) is 12.1 Å². The lowest BCUT2D eigenvalue weighted by Crippen LogP contribution is -2.33. The van der Waals surface area contributed by atoms with E-state index in [1.165, 1.54) is 0 Å². The van der Waals surface area contributed by atoms with Gasteiger partial charge in [0, 0.05) is 17.9 Å². The summed E-state index contributed by atoms with van der Waals surface area (Å²) in [6.07, 6.45) is 0.941. The predicted octanol–water partition coefficient (Wildman–Crippen LogP) is 2.17. The van der Waals surface area contributed by atoms with E-state index in [1.54, 1.807) is 12.1 Å². The third-order valence-corrected chi connectivity index (χ3v) is 3.32. The van der Waals surface area contributed by atoms with E-state index in [4.69, 9.17) is 11.6 Å². The number of carbonyl (C=O) groups excluding carboxylic acids is 3. The van der Waals surface area contributed by atoms with Gasteiger partial charge in [-0.15, -0.1) is 0 Å². The molecule has 1 aromatic carbocycles. The summed E-state index contributed by atoms with van der Waals surface area (Å²) in [6, 6.07) is 7.10. The summed E-state index contributed by atoms with van der Waals surface area (Å²) in [6.45, 7) is 0. The van der Waals surface area contributed by atoms with E-state index in [0.29, 0.717) is 11.3 Å². The van der Waals surface area contributed by atoms with Crippen molar-refractivity contribution in [2.45, 2.75) is 18.8 Å². The van der Waals surface area contributed by atoms with Gasteiger partial charge >= 0.3 is 0 Å². The van der Waals surface area contributed by atoms with Crippen molar-refractivity contribution in [2.75, 3.05) is 0 Å². The molecule has 1 aliphatic rings. The summed E-state index contributed by atoms with van der Waals surface area (Å²) in [4.78, 5) is 33.8. The molecule has 0 bridgehead atoms. The Kier molecular flexibility index (Phi) is 3.38. The third-order valence-electron chi connectivity index (χ3n) is 3.07. The summed E-state index contributed by atoms with van der Waals surface area (Å²) in [7, 11) is 0. The molecule has 0 amide bonds. The van der Waals surface area contributed by atoms with Crippen LogP contribution in [0, 0.1) is 5.92 Å². The second-order valence-electron chi connectivity index (χ2n) is 4.20. The molecule has 0 atom stereocenters. The van der Waals surface area contributed by atoms with E-state index in [0.717, 1.165) is 5.56 Å². The maximum absolute atomic E-state index is 11.6. The van der Waals surface area contributed by atoms with E-state index in [2.05, 4.69) is 0 Å². The van der Waals surface area contributed by atoms with E-state index < -0.39 is 5.92 Å². The van der Waals surface area contributed by atoms with Gasteiger partial charge in [0.2, 0.25) is 0 Å². The van der Waals surface area contributed by atoms with Crippen LogP contribution < -0.4 is 0 Å². The lowest BCUT2D eigenvalue weighted by atomic mass is 9.77. The zero-order valence-electron chi connectivity index (χ0n) is 9.06. The number of ketones is 2. The van der Waals surface area contributed by atoms with Crippen molar-refractivity contribution in [1.82, 2.24) is 0 Å². The number of hydrogen-bond donors (Lipinski definition) is 0. The Morgan fingerprint density at radius 2 is 1.59 bits per heavy atom. The van der Waals surface area contributed by atoms with Gasteiger partial charge in [-0.05, 0) is 23.6 Å². The van der Waals surface area contributed by atoms with Gasteiger partial charge in [-0.3, -0.25) is 9.59 Å². The lowest BCUT2D eigenvalue weighted by molar-refractivity contribution is -0.138. The summed E-state index contributed by atoms with van der Waals surface area (Å²) in [5.41, 5.74) is 0.917. The minimum atomic E-state index is -1.04. The van der Waals surface area contributed by atoms with Crippen molar-refractivity contribution < 1.29 is 14.4 Å². The summed E-state index contributed by atoms with van der Waals surface area (Å²) in [5, 5.41) is 0.619.